The molecule has 0 aliphatic carbocycles. The number of anilines is 1. The average Bonchev–Trinajstić information content (AvgIpc) is 3.20. The summed E-state index contributed by atoms with van der Waals surface area (Å²) in [6, 6.07) is 21.9. The third-order valence-corrected chi connectivity index (χ3v) is 4.82. The van der Waals surface area contributed by atoms with Crippen molar-refractivity contribution in [2.45, 2.75) is 32.7 Å². The van der Waals surface area contributed by atoms with Crippen LogP contribution in [0, 0.1) is 6.92 Å². The fourth-order valence-corrected chi connectivity index (χ4v) is 3.52. The first-order valence-electron chi connectivity index (χ1n) is 9.16. The number of rotatable bonds is 5. The van der Waals surface area contributed by atoms with Gasteiger partial charge in [-0.3, -0.25) is 9.48 Å². The van der Waals surface area contributed by atoms with Crippen molar-refractivity contribution in [2.24, 2.45) is 5.10 Å². The Morgan fingerprint density at radius 2 is 1.63 bits per heavy atom. The van der Waals surface area contributed by atoms with Crippen LogP contribution in [0.4, 0.5) is 5.69 Å². The van der Waals surface area contributed by atoms with E-state index in [9.17, 15) is 4.79 Å². The van der Waals surface area contributed by atoms with Gasteiger partial charge in [0.1, 0.15) is 5.92 Å². The predicted molar refractivity (Wildman–Crippen MR) is 107 cm³/mol. The number of aryl methyl sites for hydroxylation is 3. The van der Waals surface area contributed by atoms with Crippen LogP contribution in [0.25, 0.3) is 0 Å². The third-order valence-electron chi connectivity index (χ3n) is 4.82. The summed E-state index contributed by atoms with van der Waals surface area (Å²) in [5.41, 5.74) is 4.66. The van der Waals surface area contributed by atoms with Gasteiger partial charge in [0.25, 0.3) is 5.91 Å². The van der Waals surface area contributed by atoms with Crippen molar-refractivity contribution in [3.05, 3.63) is 83.7 Å². The number of nitrogens with zero attached hydrogens (tertiary/aromatic N) is 4. The minimum atomic E-state index is -0.387. The standard InChI is InChI=1S/C22H22N4O/c1-16-15-20(25(23-16)14-13-18-9-5-3-6-10-18)21-17(2)24-26(22(21)27)19-11-7-4-8-12-19/h3-12,15,21H,13-14H2,1-2H3. The minimum Gasteiger partial charge on any atom is -0.271 e. The zero-order chi connectivity index (χ0) is 18.8. The lowest BCUT2D eigenvalue weighted by Crippen LogP contribution is -2.27. The van der Waals surface area contributed by atoms with E-state index in [4.69, 9.17) is 0 Å². The molecular weight excluding hydrogens is 336 g/mol. The molecule has 0 N–H and O–H groups in total. The normalized spacial score (nSPS) is 16.7. The number of carbonyl (C=O) groups excluding carboxylic acids is 1. The summed E-state index contributed by atoms with van der Waals surface area (Å²) in [6.45, 7) is 4.61. The van der Waals surface area contributed by atoms with Crippen molar-refractivity contribution < 1.29 is 4.79 Å². The fraction of sp³-hybridized carbons (Fsp3) is 0.227. The number of hydrogen-bond donors (Lipinski definition) is 0. The summed E-state index contributed by atoms with van der Waals surface area (Å²) in [5, 5.41) is 10.7. The molecule has 0 radical (unpaired) electrons. The van der Waals surface area contributed by atoms with Crippen LogP contribution >= 0.6 is 0 Å². The van der Waals surface area contributed by atoms with E-state index in [1.165, 1.54) is 10.6 Å². The zero-order valence-corrected chi connectivity index (χ0v) is 15.5. The first-order valence-corrected chi connectivity index (χ1v) is 9.16. The molecule has 2 aromatic carbocycles. The van der Waals surface area contributed by atoms with Crippen LogP contribution in [-0.4, -0.2) is 21.4 Å². The number of aromatic nitrogens is 2. The molecule has 0 saturated carbocycles. The van der Waals surface area contributed by atoms with Crippen LogP contribution in [0.3, 0.4) is 0 Å². The van der Waals surface area contributed by atoms with Crippen molar-refractivity contribution in [3.63, 3.8) is 0 Å². The lowest BCUT2D eigenvalue weighted by atomic mass is 9.99. The topological polar surface area (TPSA) is 50.5 Å². The third kappa shape index (κ3) is 3.40. The summed E-state index contributed by atoms with van der Waals surface area (Å²) >= 11 is 0. The van der Waals surface area contributed by atoms with Crippen LogP contribution < -0.4 is 5.01 Å². The molecule has 1 atom stereocenters. The van der Waals surface area contributed by atoms with E-state index >= 15 is 0 Å². The van der Waals surface area contributed by atoms with Crippen molar-refractivity contribution in [3.8, 4) is 0 Å². The number of hydrogen-bond acceptors (Lipinski definition) is 3. The maximum absolute atomic E-state index is 13.1. The SMILES string of the molecule is CC1=NN(c2ccccc2)C(=O)C1c1cc(C)nn1CCc1ccccc1. The van der Waals surface area contributed by atoms with E-state index in [0.717, 1.165) is 35.8 Å². The molecule has 5 nitrogen and oxygen atoms in total. The Morgan fingerprint density at radius 1 is 0.963 bits per heavy atom. The van der Waals surface area contributed by atoms with Gasteiger partial charge in [-0.2, -0.15) is 15.2 Å². The predicted octanol–water partition coefficient (Wildman–Crippen LogP) is 3.94. The molecule has 0 bridgehead atoms. The van der Waals surface area contributed by atoms with Crippen molar-refractivity contribution in [1.29, 1.82) is 0 Å². The summed E-state index contributed by atoms with van der Waals surface area (Å²) in [6.07, 6.45) is 0.870. The summed E-state index contributed by atoms with van der Waals surface area (Å²) in [4.78, 5) is 13.1. The van der Waals surface area contributed by atoms with Gasteiger partial charge in [-0.05, 0) is 44.0 Å². The van der Waals surface area contributed by atoms with Gasteiger partial charge in [-0.25, -0.2) is 0 Å². The molecule has 1 aliphatic heterocycles. The van der Waals surface area contributed by atoms with E-state index < -0.39 is 0 Å². The summed E-state index contributed by atoms with van der Waals surface area (Å²) in [7, 11) is 0. The Bertz CT molecular complexity index is 976. The van der Waals surface area contributed by atoms with Gasteiger partial charge in [0.2, 0.25) is 0 Å². The first kappa shape index (κ1) is 17.2. The quantitative estimate of drug-likeness (QED) is 0.694. The molecule has 4 rings (SSSR count). The van der Waals surface area contributed by atoms with Crippen molar-refractivity contribution in [1.82, 2.24) is 9.78 Å². The zero-order valence-electron chi connectivity index (χ0n) is 15.5. The molecule has 136 valence electrons. The molecule has 1 unspecified atom stereocenters. The molecule has 27 heavy (non-hydrogen) atoms. The van der Waals surface area contributed by atoms with E-state index in [0.29, 0.717) is 0 Å². The van der Waals surface area contributed by atoms with Crippen LogP contribution in [0.1, 0.15) is 29.8 Å². The lowest BCUT2D eigenvalue weighted by molar-refractivity contribution is -0.118. The highest BCUT2D eigenvalue weighted by atomic mass is 16.2. The van der Waals surface area contributed by atoms with Crippen LogP contribution in [-0.2, 0) is 17.8 Å². The van der Waals surface area contributed by atoms with Gasteiger partial charge in [-0.1, -0.05) is 48.5 Å². The van der Waals surface area contributed by atoms with Crippen LogP contribution in [0.15, 0.2) is 71.8 Å². The van der Waals surface area contributed by atoms with E-state index in [2.05, 4.69) is 22.3 Å². The molecule has 5 heteroatoms. The van der Waals surface area contributed by atoms with Gasteiger partial charge in [0.15, 0.2) is 0 Å². The Hall–Kier alpha value is -3.21. The molecule has 3 aromatic rings. The Kier molecular flexibility index (Phi) is 4.59. The fourth-order valence-electron chi connectivity index (χ4n) is 3.52. The smallest absolute Gasteiger partial charge is 0.262 e. The Morgan fingerprint density at radius 3 is 2.33 bits per heavy atom. The van der Waals surface area contributed by atoms with Gasteiger partial charge >= 0.3 is 0 Å². The van der Waals surface area contributed by atoms with Crippen LogP contribution in [0.5, 0.6) is 0 Å². The maximum Gasteiger partial charge on any atom is 0.262 e. The highest BCUT2D eigenvalue weighted by Crippen LogP contribution is 2.30. The minimum absolute atomic E-state index is 0.0282. The van der Waals surface area contributed by atoms with Crippen LogP contribution in [0.2, 0.25) is 0 Å². The molecule has 1 aromatic heterocycles. The van der Waals surface area contributed by atoms with Crippen molar-refractivity contribution >= 4 is 17.3 Å². The number of amides is 1. The molecule has 0 saturated heterocycles. The average molecular weight is 358 g/mol. The molecule has 1 aliphatic rings. The lowest BCUT2D eigenvalue weighted by Gasteiger charge is -2.15. The highest BCUT2D eigenvalue weighted by molar-refractivity contribution is 6.18. The van der Waals surface area contributed by atoms with E-state index in [-0.39, 0.29) is 11.8 Å². The number of carbonyl (C=O) groups is 1. The van der Waals surface area contributed by atoms with Gasteiger partial charge in [0, 0.05) is 6.54 Å². The second-order valence-electron chi connectivity index (χ2n) is 6.83. The molecule has 2 heterocycles. The Balaban J connectivity index is 1.60. The number of para-hydroxylation sites is 1. The molecule has 0 fully saturated rings. The maximum atomic E-state index is 13.1. The second kappa shape index (κ2) is 7.19. The van der Waals surface area contributed by atoms with Gasteiger partial charge in [0.05, 0.1) is 22.8 Å². The van der Waals surface area contributed by atoms with Crippen molar-refractivity contribution in [2.75, 3.05) is 5.01 Å². The van der Waals surface area contributed by atoms with Gasteiger partial charge in [-0.15, -0.1) is 0 Å². The second-order valence-corrected chi connectivity index (χ2v) is 6.83. The highest BCUT2D eigenvalue weighted by Gasteiger charge is 2.37. The monoisotopic (exact) mass is 358 g/mol. The van der Waals surface area contributed by atoms with E-state index in [1.807, 2.05) is 73.1 Å². The Labute approximate surface area is 158 Å². The number of benzene rings is 2. The molecular formula is C22H22N4O. The summed E-state index contributed by atoms with van der Waals surface area (Å²) in [5.74, 6) is -0.415. The first-order chi connectivity index (χ1) is 13.1. The van der Waals surface area contributed by atoms with Gasteiger partial charge < -0.3 is 0 Å². The molecule has 1 amide bonds. The number of hydrazone groups is 1. The summed E-state index contributed by atoms with van der Waals surface area (Å²) < 4.78 is 1.96. The van der Waals surface area contributed by atoms with E-state index in [1.54, 1.807) is 0 Å². The largest absolute Gasteiger partial charge is 0.271 e. The molecule has 0 spiro atoms.